The third-order valence-corrected chi connectivity index (χ3v) is 3.57. The van der Waals surface area contributed by atoms with Crippen LogP contribution in [0.25, 0.3) is 0 Å². The Morgan fingerprint density at radius 3 is 2.47 bits per heavy atom. The Hall–Kier alpha value is -0.290. The second-order valence-electron chi connectivity index (χ2n) is 5.45. The molecule has 1 rings (SSSR count). The maximum absolute atomic E-state index is 12.8. The summed E-state index contributed by atoms with van der Waals surface area (Å²) < 4.78 is 38.4. The first kappa shape index (κ1) is 14.8. The average Bonchev–Trinajstić information content (AvgIpc) is 2.41. The van der Waals surface area contributed by atoms with E-state index in [2.05, 4.69) is 12.2 Å². The number of alkyl halides is 3. The molecule has 0 aromatic heterocycles. The first-order valence-electron chi connectivity index (χ1n) is 6.30. The molecule has 17 heavy (non-hydrogen) atoms. The summed E-state index contributed by atoms with van der Waals surface area (Å²) in [6.45, 7) is 7.63. The topological polar surface area (TPSA) is 15.3 Å². The Kier molecular flexibility index (Phi) is 4.84. The molecule has 0 aliphatic carbocycles. The molecule has 1 unspecified atom stereocenters. The normalized spacial score (nSPS) is 24.7. The van der Waals surface area contributed by atoms with Crippen molar-refractivity contribution < 1.29 is 13.2 Å². The van der Waals surface area contributed by atoms with Gasteiger partial charge in [-0.05, 0) is 20.3 Å². The lowest BCUT2D eigenvalue weighted by atomic mass is 9.95. The molecule has 0 bridgehead atoms. The van der Waals surface area contributed by atoms with Crippen LogP contribution < -0.4 is 5.32 Å². The van der Waals surface area contributed by atoms with Crippen LogP contribution in [0.15, 0.2) is 0 Å². The first-order valence-corrected chi connectivity index (χ1v) is 6.30. The van der Waals surface area contributed by atoms with Crippen LogP contribution in [0.5, 0.6) is 0 Å². The van der Waals surface area contributed by atoms with Crippen molar-refractivity contribution in [1.29, 1.82) is 0 Å². The van der Waals surface area contributed by atoms with Crippen molar-refractivity contribution in [2.45, 2.75) is 45.3 Å². The summed E-state index contributed by atoms with van der Waals surface area (Å²) in [6, 6.07) is 0. The van der Waals surface area contributed by atoms with Gasteiger partial charge in [0.15, 0.2) is 0 Å². The SMILES string of the molecule is CCCC(C)(C)N1CCNCC(C(F)(F)F)C1. The van der Waals surface area contributed by atoms with Gasteiger partial charge in [-0.1, -0.05) is 13.3 Å². The van der Waals surface area contributed by atoms with E-state index < -0.39 is 12.1 Å². The van der Waals surface area contributed by atoms with Crippen LogP contribution in [0.4, 0.5) is 13.2 Å². The fourth-order valence-electron chi connectivity index (χ4n) is 2.45. The molecule has 0 aromatic rings. The van der Waals surface area contributed by atoms with Crippen molar-refractivity contribution in [2.75, 3.05) is 26.2 Å². The summed E-state index contributed by atoms with van der Waals surface area (Å²) in [5.41, 5.74) is -0.149. The van der Waals surface area contributed by atoms with Crippen molar-refractivity contribution in [3.63, 3.8) is 0 Å². The van der Waals surface area contributed by atoms with Crippen LogP contribution in [0.1, 0.15) is 33.6 Å². The zero-order chi connectivity index (χ0) is 13.1. The molecule has 0 spiro atoms. The fraction of sp³-hybridized carbons (Fsp3) is 1.00. The number of rotatable bonds is 3. The molecule has 1 aliphatic rings. The van der Waals surface area contributed by atoms with Gasteiger partial charge in [0.1, 0.15) is 0 Å². The lowest BCUT2D eigenvalue weighted by Crippen LogP contribution is -2.48. The minimum atomic E-state index is -4.10. The van der Waals surface area contributed by atoms with Crippen LogP contribution in [-0.2, 0) is 0 Å². The van der Waals surface area contributed by atoms with Gasteiger partial charge in [0.25, 0.3) is 0 Å². The van der Waals surface area contributed by atoms with Gasteiger partial charge < -0.3 is 5.32 Å². The van der Waals surface area contributed by atoms with E-state index in [0.717, 1.165) is 12.8 Å². The van der Waals surface area contributed by atoms with Gasteiger partial charge in [-0.15, -0.1) is 0 Å². The van der Waals surface area contributed by atoms with E-state index in [4.69, 9.17) is 0 Å². The van der Waals surface area contributed by atoms with Gasteiger partial charge in [-0.3, -0.25) is 4.90 Å². The van der Waals surface area contributed by atoms with Gasteiger partial charge in [0.05, 0.1) is 5.92 Å². The highest BCUT2D eigenvalue weighted by atomic mass is 19.4. The van der Waals surface area contributed by atoms with Crippen LogP contribution >= 0.6 is 0 Å². The summed E-state index contributed by atoms with van der Waals surface area (Å²) in [5.74, 6) is -1.25. The second-order valence-corrected chi connectivity index (χ2v) is 5.45. The molecule has 5 heteroatoms. The molecular formula is C12H23F3N2. The zero-order valence-corrected chi connectivity index (χ0v) is 10.9. The molecule has 1 aliphatic heterocycles. The Morgan fingerprint density at radius 1 is 1.29 bits per heavy atom. The maximum Gasteiger partial charge on any atom is 0.394 e. The smallest absolute Gasteiger partial charge is 0.315 e. The van der Waals surface area contributed by atoms with Crippen molar-refractivity contribution in [1.82, 2.24) is 10.2 Å². The van der Waals surface area contributed by atoms with E-state index in [0.29, 0.717) is 13.1 Å². The minimum absolute atomic E-state index is 0.0439. The molecule has 0 aromatic carbocycles. The lowest BCUT2D eigenvalue weighted by molar-refractivity contribution is -0.178. The summed E-state index contributed by atoms with van der Waals surface area (Å²) >= 11 is 0. The van der Waals surface area contributed by atoms with Gasteiger partial charge in [0, 0.05) is 31.7 Å². The van der Waals surface area contributed by atoms with Gasteiger partial charge in [-0.25, -0.2) is 0 Å². The quantitative estimate of drug-likeness (QED) is 0.830. The zero-order valence-electron chi connectivity index (χ0n) is 10.9. The van der Waals surface area contributed by atoms with E-state index in [1.54, 1.807) is 0 Å². The number of halogens is 3. The Balaban J connectivity index is 2.72. The lowest BCUT2D eigenvalue weighted by Gasteiger charge is -2.39. The maximum atomic E-state index is 12.8. The summed E-state index contributed by atoms with van der Waals surface area (Å²) in [5, 5.41) is 2.89. The minimum Gasteiger partial charge on any atom is -0.315 e. The van der Waals surface area contributed by atoms with Crippen molar-refractivity contribution in [2.24, 2.45) is 5.92 Å². The molecule has 1 heterocycles. The summed E-state index contributed by atoms with van der Waals surface area (Å²) in [7, 11) is 0. The molecule has 1 fully saturated rings. The van der Waals surface area contributed by atoms with E-state index in [9.17, 15) is 13.2 Å². The predicted octanol–water partition coefficient (Wildman–Crippen LogP) is 2.65. The Bertz CT molecular complexity index is 238. The third-order valence-electron chi connectivity index (χ3n) is 3.57. The van der Waals surface area contributed by atoms with E-state index in [1.165, 1.54) is 0 Å². The number of nitrogens with one attached hydrogen (secondary N) is 1. The molecule has 2 nitrogen and oxygen atoms in total. The van der Waals surface area contributed by atoms with Crippen molar-refractivity contribution in [3.05, 3.63) is 0 Å². The number of hydrogen-bond acceptors (Lipinski definition) is 2. The Morgan fingerprint density at radius 2 is 1.94 bits per heavy atom. The molecule has 1 N–H and O–H groups in total. The van der Waals surface area contributed by atoms with Crippen LogP contribution in [0, 0.1) is 5.92 Å². The highest BCUT2D eigenvalue weighted by molar-refractivity contribution is 4.87. The fourth-order valence-corrected chi connectivity index (χ4v) is 2.45. The van der Waals surface area contributed by atoms with E-state index >= 15 is 0 Å². The van der Waals surface area contributed by atoms with Crippen molar-refractivity contribution in [3.8, 4) is 0 Å². The van der Waals surface area contributed by atoms with Crippen LogP contribution in [0.2, 0.25) is 0 Å². The third kappa shape index (κ3) is 4.14. The highest BCUT2D eigenvalue weighted by Gasteiger charge is 2.43. The summed E-state index contributed by atoms with van der Waals surface area (Å²) in [6.07, 6.45) is -2.18. The largest absolute Gasteiger partial charge is 0.394 e. The van der Waals surface area contributed by atoms with Gasteiger partial charge >= 0.3 is 6.18 Å². The molecule has 0 saturated carbocycles. The van der Waals surface area contributed by atoms with Gasteiger partial charge in [0.2, 0.25) is 0 Å². The monoisotopic (exact) mass is 252 g/mol. The van der Waals surface area contributed by atoms with Crippen molar-refractivity contribution >= 4 is 0 Å². The number of hydrogen-bond donors (Lipinski definition) is 1. The molecule has 1 saturated heterocycles. The highest BCUT2D eigenvalue weighted by Crippen LogP contribution is 2.30. The van der Waals surface area contributed by atoms with E-state index in [1.807, 2.05) is 18.7 Å². The predicted molar refractivity (Wildman–Crippen MR) is 63.0 cm³/mol. The van der Waals surface area contributed by atoms with Crippen LogP contribution in [0.3, 0.4) is 0 Å². The first-order chi connectivity index (χ1) is 7.77. The van der Waals surface area contributed by atoms with Gasteiger partial charge in [-0.2, -0.15) is 13.2 Å². The molecule has 1 atom stereocenters. The molecule has 102 valence electrons. The number of nitrogens with zero attached hydrogens (tertiary/aromatic N) is 1. The molecule has 0 radical (unpaired) electrons. The summed E-state index contributed by atoms with van der Waals surface area (Å²) in [4.78, 5) is 1.98. The molecule has 0 amide bonds. The Labute approximate surface area is 102 Å². The van der Waals surface area contributed by atoms with Crippen LogP contribution in [-0.4, -0.2) is 42.8 Å². The molecular weight excluding hydrogens is 229 g/mol. The van der Waals surface area contributed by atoms with E-state index in [-0.39, 0.29) is 18.6 Å². The second kappa shape index (κ2) is 5.57. The average molecular weight is 252 g/mol. The standard InChI is InChI=1S/C12H23F3N2/c1-4-5-11(2,3)17-7-6-16-8-10(9-17)12(13,14)15/h10,16H,4-9H2,1-3H3.